The Kier molecular flexibility index (Phi) is 5.18. The van der Waals surface area contributed by atoms with E-state index in [0.717, 1.165) is 27.9 Å². The molecule has 2 aromatic rings. The smallest absolute Gasteiger partial charge is 0.227 e. The highest BCUT2D eigenvalue weighted by Gasteiger charge is 2.29. The Morgan fingerprint density at radius 3 is 2.30 bits per heavy atom. The summed E-state index contributed by atoms with van der Waals surface area (Å²) in [5.41, 5.74) is 1.53. The molecule has 0 radical (unpaired) electrons. The van der Waals surface area contributed by atoms with Gasteiger partial charge in [0, 0.05) is 26.5 Å². The van der Waals surface area contributed by atoms with Gasteiger partial charge in [0.05, 0.1) is 5.75 Å². The van der Waals surface area contributed by atoms with Crippen LogP contribution >= 0.6 is 27.7 Å². The van der Waals surface area contributed by atoms with Gasteiger partial charge in [0.25, 0.3) is 0 Å². The lowest BCUT2D eigenvalue weighted by atomic mass is 10.2. The first-order valence-electron chi connectivity index (χ1n) is 7.44. The molecule has 0 bridgehead atoms. The van der Waals surface area contributed by atoms with Crippen molar-refractivity contribution < 1.29 is 9.59 Å². The number of carbonyl (C=O) groups is 2. The molecule has 1 fully saturated rings. The predicted octanol–water partition coefficient (Wildman–Crippen LogP) is 4.77. The van der Waals surface area contributed by atoms with E-state index in [1.165, 1.54) is 11.8 Å². The van der Waals surface area contributed by atoms with E-state index >= 15 is 0 Å². The summed E-state index contributed by atoms with van der Waals surface area (Å²) in [6, 6.07) is 15.0. The number of ketones is 1. The Hall–Kier alpha value is -1.59. The van der Waals surface area contributed by atoms with Crippen molar-refractivity contribution in [2.45, 2.75) is 17.7 Å². The fraction of sp³-hybridized carbons (Fsp3) is 0.222. The van der Waals surface area contributed by atoms with Crippen LogP contribution in [0.4, 0.5) is 5.69 Å². The lowest BCUT2D eigenvalue weighted by molar-refractivity contribution is -0.117. The van der Waals surface area contributed by atoms with Crippen molar-refractivity contribution in [2.24, 2.45) is 5.92 Å². The van der Waals surface area contributed by atoms with E-state index in [1.807, 2.05) is 48.5 Å². The van der Waals surface area contributed by atoms with Gasteiger partial charge >= 0.3 is 0 Å². The summed E-state index contributed by atoms with van der Waals surface area (Å²) in [6.45, 7) is 0. The predicted molar refractivity (Wildman–Crippen MR) is 97.0 cm³/mol. The summed E-state index contributed by atoms with van der Waals surface area (Å²) in [4.78, 5) is 24.8. The van der Waals surface area contributed by atoms with Crippen LogP contribution in [0.25, 0.3) is 0 Å². The maximum Gasteiger partial charge on any atom is 0.227 e. The van der Waals surface area contributed by atoms with Crippen LogP contribution in [0.5, 0.6) is 0 Å². The zero-order valence-electron chi connectivity index (χ0n) is 12.4. The van der Waals surface area contributed by atoms with Gasteiger partial charge in [-0.2, -0.15) is 0 Å². The Balaban J connectivity index is 1.52. The van der Waals surface area contributed by atoms with Crippen molar-refractivity contribution in [1.29, 1.82) is 0 Å². The summed E-state index contributed by atoms with van der Waals surface area (Å²) in [5, 5.41) is 2.91. The molecule has 0 saturated heterocycles. The standard InChI is InChI=1S/C18H16BrNO2S/c19-14-5-3-12(4-6-14)17(21)11-23-16-9-7-15(8-10-16)20-18(22)13-1-2-13/h3-10,13H,1-2,11H2,(H,20,22). The lowest BCUT2D eigenvalue weighted by Crippen LogP contribution is -2.12. The van der Waals surface area contributed by atoms with Crippen molar-refractivity contribution in [2.75, 3.05) is 11.1 Å². The van der Waals surface area contributed by atoms with Crippen LogP contribution in [-0.2, 0) is 4.79 Å². The Morgan fingerprint density at radius 1 is 1.04 bits per heavy atom. The van der Waals surface area contributed by atoms with Crippen molar-refractivity contribution >= 4 is 45.1 Å². The zero-order valence-corrected chi connectivity index (χ0v) is 14.8. The normalized spacial score (nSPS) is 13.6. The molecule has 1 saturated carbocycles. The summed E-state index contributed by atoms with van der Waals surface area (Å²) < 4.78 is 0.963. The average Bonchev–Trinajstić information content (AvgIpc) is 3.39. The molecule has 3 rings (SSSR count). The number of Topliss-reactive ketones (excluding diaryl/α,β-unsaturated/α-hetero) is 1. The van der Waals surface area contributed by atoms with Crippen molar-refractivity contribution in [3.05, 3.63) is 58.6 Å². The van der Waals surface area contributed by atoms with E-state index in [0.29, 0.717) is 11.3 Å². The van der Waals surface area contributed by atoms with Crippen LogP contribution in [-0.4, -0.2) is 17.4 Å². The summed E-state index contributed by atoms with van der Waals surface area (Å²) >= 11 is 4.86. The Morgan fingerprint density at radius 2 is 1.70 bits per heavy atom. The van der Waals surface area contributed by atoms with Crippen LogP contribution in [0.15, 0.2) is 57.9 Å². The van der Waals surface area contributed by atoms with Crippen LogP contribution in [0, 0.1) is 5.92 Å². The van der Waals surface area contributed by atoms with E-state index in [9.17, 15) is 9.59 Å². The molecule has 0 unspecified atom stereocenters. The van der Waals surface area contributed by atoms with Crippen LogP contribution in [0.3, 0.4) is 0 Å². The van der Waals surface area contributed by atoms with Crippen molar-refractivity contribution in [3.8, 4) is 0 Å². The molecular weight excluding hydrogens is 374 g/mol. The molecule has 5 heteroatoms. The first kappa shape index (κ1) is 16.3. The first-order valence-corrected chi connectivity index (χ1v) is 9.22. The fourth-order valence-electron chi connectivity index (χ4n) is 2.09. The number of rotatable bonds is 6. The van der Waals surface area contributed by atoms with E-state index in [-0.39, 0.29) is 17.6 Å². The molecule has 0 heterocycles. The van der Waals surface area contributed by atoms with Gasteiger partial charge < -0.3 is 5.32 Å². The largest absolute Gasteiger partial charge is 0.326 e. The highest BCUT2D eigenvalue weighted by atomic mass is 79.9. The SMILES string of the molecule is O=C(CSc1ccc(NC(=O)C2CC2)cc1)c1ccc(Br)cc1. The second-order valence-corrected chi connectivity index (χ2v) is 7.47. The molecule has 2 aromatic carbocycles. The monoisotopic (exact) mass is 389 g/mol. The number of hydrogen-bond donors (Lipinski definition) is 1. The third kappa shape index (κ3) is 4.69. The van der Waals surface area contributed by atoms with Gasteiger partial charge in [0.2, 0.25) is 5.91 Å². The van der Waals surface area contributed by atoms with Gasteiger partial charge in [-0.1, -0.05) is 28.1 Å². The molecule has 0 aliphatic heterocycles. The number of nitrogens with one attached hydrogen (secondary N) is 1. The Labute approximate surface area is 148 Å². The second kappa shape index (κ2) is 7.32. The average molecular weight is 390 g/mol. The topological polar surface area (TPSA) is 46.2 Å². The maximum absolute atomic E-state index is 12.1. The number of hydrogen-bond acceptors (Lipinski definition) is 3. The highest BCUT2D eigenvalue weighted by molar-refractivity contribution is 9.10. The van der Waals surface area contributed by atoms with Crippen LogP contribution < -0.4 is 5.32 Å². The molecule has 1 aliphatic rings. The first-order chi connectivity index (χ1) is 11.1. The van der Waals surface area contributed by atoms with E-state index < -0.39 is 0 Å². The minimum atomic E-state index is 0.105. The van der Waals surface area contributed by atoms with Gasteiger partial charge in [0.1, 0.15) is 0 Å². The summed E-state index contributed by atoms with van der Waals surface area (Å²) in [7, 11) is 0. The van der Waals surface area contributed by atoms with Gasteiger partial charge in [-0.05, 0) is 49.2 Å². The van der Waals surface area contributed by atoms with Gasteiger partial charge in [-0.25, -0.2) is 0 Å². The molecule has 3 nitrogen and oxygen atoms in total. The Bertz CT molecular complexity index is 709. The van der Waals surface area contributed by atoms with Gasteiger partial charge in [0.15, 0.2) is 5.78 Å². The van der Waals surface area contributed by atoms with E-state index in [1.54, 1.807) is 0 Å². The third-order valence-electron chi connectivity index (χ3n) is 3.61. The molecule has 1 aliphatic carbocycles. The van der Waals surface area contributed by atoms with Crippen molar-refractivity contribution in [1.82, 2.24) is 0 Å². The van der Waals surface area contributed by atoms with E-state index in [2.05, 4.69) is 21.2 Å². The molecule has 1 N–H and O–H groups in total. The van der Waals surface area contributed by atoms with Gasteiger partial charge in [-0.3, -0.25) is 9.59 Å². The minimum Gasteiger partial charge on any atom is -0.326 e. The molecule has 0 atom stereocenters. The molecule has 118 valence electrons. The third-order valence-corrected chi connectivity index (χ3v) is 5.15. The number of benzene rings is 2. The summed E-state index contributed by atoms with van der Waals surface area (Å²) in [5.74, 6) is 0.812. The molecule has 23 heavy (non-hydrogen) atoms. The number of amides is 1. The van der Waals surface area contributed by atoms with Crippen LogP contribution in [0.1, 0.15) is 23.2 Å². The molecule has 0 spiro atoms. The second-order valence-electron chi connectivity index (χ2n) is 5.51. The molecule has 1 amide bonds. The van der Waals surface area contributed by atoms with Gasteiger partial charge in [-0.15, -0.1) is 11.8 Å². The van der Waals surface area contributed by atoms with Crippen LogP contribution in [0.2, 0.25) is 0 Å². The molecular formula is C18H16BrNO2S. The van der Waals surface area contributed by atoms with Crippen molar-refractivity contribution in [3.63, 3.8) is 0 Å². The quantitative estimate of drug-likeness (QED) is 0.571. The lowest BCUT2D eigenvalue weighted by Gasteiger charge is -2.06. The number of thioether (sulfide) groups is 1. The summed E-state index contributed by atoms with van der Waals surface area (Å²) in [6.07, 6.45) is 2.00. The highest BCUT2D eigenvalue weighted by Crippen LogP contribution is 2.30. The minimum absolute atomic E-state index is 0.105. The number of halogens is 1. The number of carbonyl (C=O) groups excluding carboxylic acids is 2. The number of anilines is 1. The maximum atomic E-state index is 12.1. The van der Waals surface area contributed by atoms with E-state index in [4.69, 9.17) is 0 Å². The zero-order chi connectivity index (χ0) is 16.2. The fourth-order valence-corrected chi connectivity index (χ4v) is 3.15. The molecule has 0 aromatic heterocycles.